The van der Waals surface area contributed by atoms with E-state index in [0.717, 1.165) is 17.7 Å². The van der Waals surface area contributed by atoms with E-state index in [1.165, 1.54) is 4.90 Å². The largest absolute Gasteiger partial charge is 0.480 e. The lowest BCUT2D eigenvalue weighted by atomic mass is 10.0. The SMILES string of the molecule is CC(C)C(NC(=O)N(CC(=O)O)CC1CC1)c1cccs1. The Morgan fingerprint density at radius 1 is 1.48 bits per heavy atom. The van der Waals surface area contributed by atoms with Crippen LogP contribution in [0.25, 0.3) is 0 Å². The highest BCUT2D eigenvalue weighted by Crippen LogP contribution is 2.30. The molecular weight excluding hydrogens is 288 g/mol. The summed E-state index contributed by atoms with van der Waals surface area (Å²) in [6.45, 7) is 4.39. The third-order valence-corrected chi connectivity index (χ3v) is 4.54. The van der Waals surface area contributed by atoms with Crippen LogP contribution in [0, 0.1) is 11.8 Å². The van der Waals surface area contributed by atoms with Crippen LogP contribution in [0.15, 0.2) is 17.5 Å². The molecule has 1 heterocycles. The molecule has 21 heavy (non-hydrogen) atoms. The Bertz CT molecular complexity index is 483. The van der Waals surface area contributed by atoms with Crippen molar-refractivity contribution in [3.8, 4) is 0 Å². The highest BCUT2D eigenvalue weighted by atomic mass is 32.1. The van der Waals surface area contributed by atoms with Gasteiger partial charge in [0.2, 0.25) is 0 Å². The molecule has 6 heteroatoms. The molecule has 1 aromatic heterocycles. The van der Waals surface area contributed by atoms with Crippen LogP contribution in [0.3, 0.4) is 0 Å². The van der Waals surface area contributed by atoms with Crippen molar-refractivity contribution in [2.24, 2.45) is 11.8 Å². The minimum absolute atomic E-state index is 0.0759. The fourth-order valence-electron chi connectivity index (χ4n) is 2.25. The summed E-state index contributed by atoms with van der Waals surface area (Å²) in [5, 5.41) is 13.9. The predicted octanol–water partition coefficient (Wildman–Crippen LogP) is 2.95. The molecule has 1 aromatic rings. The average molecular weight is 310 g/mol. The lowest BCUT2D eigenvalue weighted by Crippen LogP contribution is -2.45. The number of nitrogens with zero attached hydrogens (tertiary/aromatic N) is 1. The topological polar surface area (TPSA) is 69.6 Å². The molecule has 1 unspecified atom stereocenters. The Balaban J connectivity index is 2.02. The van der Waals surface area contributed by atoms with Gasteiger partial charge in [0.1, 0.15) is 6.54 Å². The van der Waals surface area contributed by atoms with Crippen LogP contribution in [0.4, 0.5) is 4.79 Å². The summed E-state index contributed by atoms with van der Waals surface area (Å²) in [7, 11) is 0. The molecule has 0 radical (unpaired) electrons. The molecule has 0 spiro atoms. The smallest absolute Gasteiger partial charge is 0.323 e. The van der Waals surface area contributed by atoms with Gasteiger partial charge in [-0.05, 0) is 36.1 Å². The first kappa shape index (κ1) is 15.8. The maximum absolute atomic E-state index is 12.4. The molecule has 1 aliphatic rings. The molecule has 0 aliphatic heterocycles. The van der Waals surface area contributed by atoms with Gasteiger partial charge in [-0.2, -0.15) is 0 Å². The van der Waals surface area contributed by atoms with Gasteiger partial charge in [0, 0.05) is 11.4 Å². The predicted molar refractivity (Wildman–Crippen MR) is 82.4 cm³/mol. The number of urea groups is 1. The van der Waals surface area contributed by atoms with Gasteiger partial charge in [-0.25, -0.2) is 4.79 Å². The summed E-state index contributed by atoms with van der Waals surface area (Å²) in [5.41, 5.74) is 0. The van der Waals surface area contributed by atoms with Gasteiger partial charge in [0.05, 0.1) is 6.04 Å². The van der Waals surface area contributed by atoms with Crippen LogP contribution >= 0.6 is 11.3 Å². The van der Waals surface area contributed by atoms with Crippen LogP contribution in [0.1, 0.15) is 37.6 Å². The monoisotopic (exact) mass is 310 g/mol. The highest BCUT2D eigenvalue weighted by molar-refractivity contribution is 7.10. The van der Waals surface area contributed by atoms with Crippen LogP contribution < -0.4 is 5.32 Å². The van der Waals surface area contributed by atoms with Gasteiger partial charge >= 0.3 is 12.0 Å². The number of nitrogens with one attached hydrogen (secondary N) is 1. The number of aliphatic carboxylic acids is 1. The van der Waals surface area contributed by atoms with E-state index < -0.39 is 5.97 Å². The Labute approximate surface area is 129 Å². The lowest BCUT2D eigenvalue weighted by molar-refractivity contribution is -0.137. The average Bonchev–Trinajstić information content (AvgIpc) is 3.05. The number of hydrogen-bond acceptors (Lipinski definition) is 3. The second-order valence-corrected chi connectivity index (χ2v) is 6.88. The zero-order chi connectivity index (χ0) is 15.4. The number of thiophene rings is 1. The third-order valence-electron chi connectivity index (χ3n) is 3.58. The van der Waals surface area contributed by atoms with E-state index in [0.29, 0.717) is 12.5 Å². The van der Waals surface area contributed by atoms with Gasteiger partial charge < -0.3 is 15.3 Å². The molecule has 2 rings (SSSR count). The van der Waals surface area contributed by atoms with Crippen molar-refractivity contribution in [2.45, 2.75) is 32.7 Å². The number of carboxylic acids is 1. The van der Waals surface area contributed by atoms with E-state index in [9.17, 15) is 9.59 Å². The Morgan fingerprint density at radius 3 is 2.67 bits per heavy atom. The molecule has 2 N–H and O–H groups in total. The molecule has 1 atom stereocenters. The van der Waals surface area contributed by atoms with Crippen molar-refractivity contribution >= 4 is 23.3 Å². The molecule has 0 saturated heterocycles. The summed E-state index contributed by atoms with van der Waals surface area (Å²) >= 11 is 1.60. The maximum Gasteiger partial charge on any atom is 0.323 e. The van der Waals surface area contributed by atoms with Crippen molar-refractivity contribution < 1.29 is 14.7 Å². The van der Waals surface area contributed by atoms with Crippen LogP contribution in [0.5, 0.6) is 0 Å². The highest BCUT2D eigenvalue weighted by Gasteiger charge is 2.29. The van der Waals surface area contributed by atoms with E-state index in [1.807, 2.05) is 31.4 Å². The zero-order valence-electron chi connectivity index (χ0n) is 12.4. The maximum atomic E-state index is 12.4. The second kappa shape index (κ2) is 6.93. The molecular formula is C15H22N2O3S. The molecule has 116 valence electrons. The molecule has 2 amide bonds. The van der Waals surface area contributed by atoms with Crippen LogP contribution in [-0.2, 0) is 4.79 Å². The zero-order valence-corrected chi connectivity index (χ0v) is 13.2. The number of carbonyl (C=O) groups excluding carboxylic acids is 1. The molecule has 5 nitrogen and oxygen atoms in total. The first-order chi connectivity index (χ1) is 9.97. The first-order valence-corrected chi connectivity index (χ1v) is 8.16. The summed E-state index contributed by atoms with van der Waals surface area (Å²) in [6, 6.07) is 3.60. The quantitative estimate of drug-likeness (QED) is 0.813. The summed E-state index contributed by atoms with van der Waals surface area (Å²) in [5.74, 6) is -0.252. The van der Waals surface area contributed by atoms with Crippen molar-refractivity contribution in [1.29, 1.82) is 0 Å². The molecule has 1 fully saturated rings. The lowest BCUT2D eigenvalue weighted by Gasteiger charge is -2.27. The summed E-state index contributed by atoms with van der Waals surface area (Å²) < 4.78 is 0. The van der Waals surface area contributed by atoms with Gasteiger partial charge in [0.25, 0.3) is 0 Å². The van der Waals surface area contributed by atoms with Crippen molar-refractivity contribution in [3.63, 3.8) is 0 Å². The number of hydrogen-bond donors (Lipinski definition) is 2. The Kier molecular flexibility index (Phi) is 5.22. The summed E-state index contributed by atoms with van der Waals surface area (Å²) in [6.07, 6.45) is 2.17. The minimum Gasteiger partial charge on any atom is -0.480 e. The standard InChI is InChI=1S/C15H22N2O3S/c1-10(2)14(12-4-3-7-21-12)16-15(20)17(9-13(18)19)8-11-5-6-11/h3-4,7,10-11,14H,5-6,8-9H2,1-2H3,(H,16,20)(H,18,19). The van der Waals surface area contributed by atoms with Crippen molar-refractivity contribution in [1.82, 2.24) is 10.2 Å². The molecule has 1 saturated carbocycles. The fourth-order valence-corrected chi connectivity index (χ4v) is 3.20. The minimum atomic E-state index is -0.969. The Morgan fingerprint density at radius 2 is 2.19 bits per heavy atom. The van der Waals surface area contributed by atoms with Gasteiger partial charge in [-0.1, -0.05) is 19.9 Å². The normalized spacial score (nSPS) is 15.8. The van der Waals surface area contributed by atoms with E-state index in [1.54, 1.807) is 11.3 Å². The fraction of sp³-hybridized carbons (Fsp3) is 0.600. The van der Waals surface area contributed by atoms with Crippen LogP contribution in [-0.4, -0.2) is 35.1 Å². The van der Waals surface area contributed by atoms with Crippen molar-refractivity contribution in [2.75, 3.05) is 13.1 Å². The van der Waals surface area contributed by atoms with Gasteiger partial charge in [-0.15, -0.1) is 11.3 Å². The number of carboxylic acid groups (broad SMARTS) is 1. The van der Waals surface area contributed by atoms with E-state index in [4.69, 9.17) is 5.11 Å². The third kappa shape index (κ3) is 4.74. The van der Waals surface area contributed by atoms with Gasteiger partial charge in [0.15, 0.2) is 0 Å². The summed E-state index contributed by atoms with van der Waals surface area (Å²) in [4.78, 5) is 25.9. The number of rotatable bonds is 7. The molecule has 0 aromatic carbocycles. The van der Waals surface area contributed by atoms with E-state index in [2.05, 4.69) is 5.32 Å². The van der Waals surface area contributed by atoms with Gasteiger partial charge in [-0.3, -0.25) is 4.79 Å². The van der Waals surface area contributed by atoms with E-state index in [-0.39, 0.29) is 24.5 Å². The molecule has 0 bridgehead atoms. The number of carbonyl (C=O) groups is 2. The first-order valence-electron chi connectivity index (χ1n) is 7.28. The van der Waals surface area contributed by atoms with Crippen LogP contribution in [0.2, 0.25) is 0 Å². The second-order valence-electron chi connectivity index (χ2n) is 5.90. The Hall–Kier alpha value is -1.56. The van der Waals surface area contributed by atoms with Crippen molar-refractivity contribution in [3.05, 3.63) is 22.4 Å². The van der Waals surface area contributed by atoms with E-state index >= 15 is 0 Å². The molecule has 1 aliphatic carbocycles. The number of amides is 2.